The van der Waals surface area contributed by atoms with Crippen LogP contribution in [0.25, 0.3) is 0 Å². The van der Waals surface area contributed by atoms with Crippen molar-refractivity contribution in [1.29, 1.82) is 0 Å². The van der Waals surface area contributed by atoms with Gasteiger partial charge in [-0.3, -0.25) is 4.79 Å². The molecule has 1 amide bonds. The first-order valence-corrected chi connectivity index (χ1v) is 7.01. The van der Waals surface area contributed by atoms with Crippen molar-refractivity contribution >= 4 is 5.91 Å². The molecule has 0 saturated heterocycles. The molecule has 1 aromatic carbocycles. The fraction of sp³-hybridized carbons (Fsp3) is 0.533. The first kappa shape index (κ1) is 14.8. The minimum Gasteiger partial charge on any atom is -0.493 e. The van der Waals surface area contributed by atoms with E-state index in [1.165, 1.54) is 12.1 Å². The lowest BCUT2D eigenvalue weighted by Gasteiger charge is -2.28. The highest BCUT2D eigenvalue weighted by Crippen LogP contribution is 2.18. The topological polar surface area (TPSA) is 58.6 Å². The zero-order chi connectivity index (χ0) is 14.4. The summed E-state index contributed by atoms with van der Waals surface area (Å²) < 4.78 is 18.2. The molecular weight excluding hydrogens is 261 g/mol. The van der Waals surface area contributed by atoms with Gasteiger partial charge in [0.25, 0.3) is 0 Å². The van der Waals surface area contributed by atoms with Gasteiger partial charge in [-0.1, -0.05) is 18.9 Å². The van der Waals surface area contributed by atoms with Gasteiger partial charge in [0.05, 0.1) is 25.2 Å². The standard InChI is InChI=1S/C15H20FNO3/c16-11-4-3-5-12(10-11)20-9-8-15(19)17-13-6-1-2-7-14(13)18/h3-5,10,13-14,18H,1-2,6-9H2,(H,17,19). The Labute approximate surface area is 117 Å². The largest absolute Gasteiger partial charge is 0.493 e. The van der Waals surface area contributed by atoms with Crippen molar-refractivity contribution in [3.8, 4) is 5.75 Å². The van der Waals surface area contributed by atoms with Crippen molar-refractivity contribution in [2.24, 2.45) is 0 Å². The van der Waals surface area contributed by atoms with Crippen LogP contribution in [0.3, 0.4) is 0 Å². The summed E-state index contributed by atoms with van der Waals surface area (Å²) in [4.78, 5) is 11.7. The number of rotatable bonds is 5. The van der Waals surface area contributed by atoms with Crippen molar-refractivity contribution in [3.63, 3.8) is 0 Å². The number of nitrogens with one attached hydrogen (secondary N) is 1. The Hall–Kier alpha value is -1.62. The Morgan fingerprint density at radius 2 is 2.20 bits per heavy atom. The summed E-state index contributed by atoms with van der Waals surface area (Å²) in [6, 6.07) is 5.67. The summed E-state index contributed by atoms with van der Waals surface area (Å²) in [5, 5.41) is 12.6. The normalized spacial score (nSPS) is 22.3. The van der Waals surface area contributed by atoms with Crippen molar-refractivity contribution in [2.75, 3.05) is 6.61 Å². The smallest absolute Gasteiger partial charge is 0.223 e. The molecule has 2 rings (SSSR count). The van der Waals surface area contributed by atoms with Crippen molar-refractivity contribution in [2.45, 2.75) is 44.2 Å². The second-order valence-corrected chi connectivity index (χ2v) is 5.08. The predicted molar refractivity (Wildman–Crippen MR) is 72.9 cm³/mol. The van der Waals surface area contributed by atoms with Crippen LogP contribution in [0.4, 0.5) is 4.39 Å². The monoisotopic (exact) mass is 281 g/mol. The van der Waals surface area contributed by atoms with E-state index in [0.717, 1.165) is 25.7 Å². The molecule has 20 heavy (non-hydrogen) atoms. The van der Waals surface area contributed by atoms with Crippen molar-refractivity contribution in [1.82, 2.24) is 5.32 Å². The highest BCUT2D eigenvalue weighted by Gasteiger charge is 2.24. The number of aliphatic hydroxyl groups is 1. The van der Waals surface area contributed by atoms with E-state index in [0.29, 0.717) is 5.75 Å². The van der Waals surface area contributed by atoms with E-state index in [2.05, 4.69) is 5.32 Å². The number of hydrogen-bond donors (Lipinski definition) is 2. The maximum Gasteiger partial charge on any atom is 0.223 e. The first-order chi connectivity index (χ1) is 9.65. The number of halogens is 1. The Morgan fingerprint density at radius 3 is 2.95 bits per heavy atom. The number of carbonyl (C=O) groups excluding carboxylic acids is 1. The number of aliphatic hydroxyl groups excluding tert-OH is 1. The molecule has 0 radical (unpaired) electrons. The van der Waals surface area contributed by atoms with E-state index < -0.39 is 6.10 Å². The Morgan fingerprint density at radius 1 is 1.40 bits per heavy atom. The number of hydrogen-bond acceptors (Lipinski definition) is 3. The number of ether oxygens (including phenoxy) is 1. The molecule has 2 N–H and O–H groups in total. The molecule has 1 aliphatic rings. The molecule has 0 bridgehead atoms. The third kappa shape index (κ3) is 4.49. The van der Waals surface area contributed by atoms with Gasteiger partial charge in [0, 0.05) is 6.07 Å². The zero-order valence-electron chi connectivity index (χ0n) is 11.3. The van der Waals surface area contributed by atoms with E-state index in [4.69, 9.17) is 4.74 Å². The van der Waals surface area contributed by atoms with E-state index in [1.54, 1.807) is 12.1 Å². The number of carbonyl (C=O) groups is 1. The Balaban J connectivity index is 1.70. The molecule has 1 fully saturated rings. The fourth-order valence-corrected chi connectivity index (χ4v) is 2.38. The molecule has 1 aromatic rings. The quantitative estimate of drug-likeness (QED) is 0.868. The van der Waals surface area contributed by atoms with Gasteiger partial charge in [0.1, 0.15) is 11.6 Å². The van der Waals surface area contributed by atoms with Gasteiger partial charge >= 0.3 is 0 Å². The van der Waals surface area contributed by atoms with Crippen LogP contribution in [-0.4, -0.2) is 29.8 Å². The summed E-state index contributed by atoms with van der Waals surface area (Å²) in [7, 11) is 0. The van der Waals surface area contributed by atoms with Crippen LogP contribution in [-0.2, 0) is 4.79 Å². The minimum absolute atomic E-state index is 0.146. The summed E-state index contributed by atoms with van der Waals surface area (Å²) in [6.07, 6.45) is 3.34. The van der Waals surface area contributed by atoms with Gasteiger partial charge in [0.15, 0.2) is 0 Å². The molecule has 5 heteroatoms. The molecule has 1 aliphatic carbocycles. The molecular formula is C15H20FNO3. The average molecular weight is 281 g/mol. The second-order valence-electron chi connectivity index (χ2n) is 5.08. The van der Waals surface area contributed by atoms with Gasteiger partial charge in [-0.2, -0.15) is 0 Å². The van der Waals surface area contributed by atoms with Gasteiger partial charge < -0.3 is 15.2 Å². The van der Waals surface area contributed by atoms with E-state index in [-0.39, 0.29) is 30.8 Å². The van der Waals surface area contributed by atoms with Gasteiger partial charge in [-0.15, -0.1) is 0 Å². The van der Waals surface area contributed by atoms with Crippen LogP contribution in [0.2, 0.25) is 0 Å². The molecule has 0 heterocycles. The van der Waals surface area contributed by atoms with Crippen LogP contribution >= 0.6 is 0 Å². The second kappa shape index (κ2) is 7.24. The van der Waals surface area contributed by atoms with Crippen LogP contribution in [0, 0.1) is 5.82 Å². The van der Waals surface area contributed by atoms with Gasteiger partial charge in [-0.25, -0.2) is 4.39 Å². The van der Waals surface area contributed by atoms with Gasteiger partial charge in [0.2, 0.25) is 5.91 Å². The lowest BCUT2D eigenvalue weighted by molar-refractivity contribution is -0.123. The third-order valence-electron chi connectivity index (χ3n) is 3.47. The first-order valence-electron chi connectivity index (χ1n) is 7.01. The SMILES string of the molecule is O=C(CCOc1cccc(F)c1)NC1CCCCC1O. The molecule has 4 nitrogen and oxygen atoms in total. The highest BCUT2D eigenvalue weighted by atomic mass is 19.1. The minimum atomic E-state index is -0.447. The molecule has 0 aromatic heterocycles. The van der Waals surface area contributed by atoms with E-state index in [9.17, 15) is 14.3 Å². The third-order valence-corrected chi connectivity index (χ3v) is 3.47. The maximum atomic E-state index is 12.9. The van der Waals surface area contributed by atoms with Crippen LogP contribution in [0.15, 0.2) is 24.3 Å². The highest BCUT2D eigenvalue weighted by molar-refractivity contribution is 5.76. The number of benzene rings is 1. The Kier molecular flexibility index (Phi) is 5.35. The van der Waals surface area contributed by atoms with Crippen LogP contribution in [0.5, 0.6) is 5.75 Å². The molecule has 1 saturated carbocycles. The summed E-state index contributed by atoms with van der Waals surface area (Å²) in [6.45, 7) is 0.193. The molecule has 2 unspecified atom stereocenters. The zero-order valence-corrected chi connectivity index (χ0v) is 11.3. The van der Waals surface area contributed by atoms with Crippen molar-refractivity contribution in [3.05, 3.63) is 30.1 Å². The lowest BCUT2D eigenvalue weighted by atomic mass is 9.92. The molecule has 2 atom stereocenters. The predicted octanol–water partition coefficient (Wildman–Crippen LogP) is 2.01. The van der Waals surface area contributed by atoms with Crippen LogP contribution in [0.1, 0.15) is 32.1 Å². The fourth-order valence-electron chi connectivity index (χ4n) is 2.38. The summed E-state index contributed by atoms with van der Waals surface area (Å²) in [5.74, 6) is -0.0971. The van der Waals surface area contributed by atoms with Crippen LogP contribution < -0.4 is 10.1 Å². The molecule has 0 aliphatic heterocycles. The van der Waals surface area contributed by atoms with Crippen molar-refractivity contribution < 1.29 is 19.0 Å². The summed E-state index contributed by atoms with van der Waals surface area (Å²) >= 11 is 0. The number of amides is 1. The van der Waals surface area contributed by atoms with E-state index >= 15 is 0 Å². The summed E-state index contributed by atoms with van der Waals surface area (Å²) in [5.41, 5.74) is 0. The van der Waals surface area contributed by atoms with Gasteiger partial charge in [-0.05, 0) is 25.0 Å². The maximum absolute atomic E-state index is 12.9. The lowest BCUT2D eigenvalue weighted by Crippen LogP contribution is -2.45. The molecule has 0 spiro atoms. The molecule has 110 valence electrons. The average Bonchev–Trinajstić information content (AvgIpc) is 2.41. The van der Waals surface area contributed by atoms with E-state index in [1.807, 2.05) is 0 Å². The Bertz CT molecular complexity index is 452.